The van der Waals surface area contributed by atoms with Gasteiger partial charge in [-0.1, -0.05) is 18.6 Å². The van der Waals surface area contributed by atoms with E-state index in [2.05, 4.69) is 38.6 Å². The Morgan fingerprint density at radius 2 is 1.95 bits per heavy atom. The molecule has 2 aromatic heterocycles. The number of aliphatic hydroxyl groups excluding tert-OH is 1. The number of benzene rings is 1. The van der Waals surface area contributed by atoms with Crippen LogP contribution in [-0.2, 0) is 4.79 Å². The number of carbonyl (C=O) groups excluding carboxylic acids is 2. The number of nitrogens with one attached hydrogen (secondary N) is 3. The van der Waals surface area contributed by atoms with E-state index in [9.17, 15) is 14.7 Å². The molecule has 4 atom stereocenters. The minimum Gasteiger partial charge on any atom is -0.493 e. The van der Waals surface area contributed by atoms with Crippen LogP contribution in [0.3, 0.4) is 0 Å². The van der Waals surface area contributed by atoms with E-state index >= 15 is 0 Å². The van der Waals surface area contributed by atoms with Crippen LogP contribution >= 0.6 is 0 Å². The summed E-state index contributed by atoms with van der Waals surface area (Å²) >= 11 is 0. The lowest BCUT2D eigenvalue weighted by Gasteiger charge is -2.35. The van der Waals surface area contributed by atoms with Crippen LogP contribution in [0.25, 0.3) is 22.3 Å². The molecular formula is C29H37N5O4. The summed E-state index contributed by atoms with van der Waals surface area (Å²) in [5.41, 5.74) is 5.26. The SMILES string of the molecule is Cc1ccc(OCC2CC2)c(-c2ncnc3c(C(=O)N[C@H]4CC[C@H](NC(=O)[C@H](C)O)[C@H](C)C4)c(C)[nH]c23)c1. The predicted octanol–water partition coefficient (Wildman–Crippen LogP) is 3.81. The van der Waals surface area contributed by atoms with Crippen LogP contribution in [-0.4, -0.2) is 56.7 Å². The molecule has 0 bridgehead atoms. The molecule has 2 amide bonds. The highest BCUT2D eigenvalue weighted by molar-refractivity contribution is 6.09. The Hall–Kier alpha value is -3.46. The lowest BCUT2D eigenvalue weighted by molar-refractivity contribution is -0.129. The van der Waals surface area contributed by atoms with Crippen molar-refractivity contribution in [2.45, 2.75) is 78.0 Å². The summed E-state index contributed by atoms with van der Waals surface area (Å²) in [4.78, 5) is 37.9. The minimum absolute atomic E-state index is 0.0120. The third-order valence-electron chi connectivity index (χ3n) is 7.77. The lowest BCUT2D eigenvalue weighted by atomic mass is 9.82. The van der Waals surface area contributed by atoms with Crippen LogP contribution < -0.4 is 15.4 Å². The number of ether oxygens (including phenoxy) is 1. The van der Waals surface area contributed by atoms with Crippen molar-refractivity contribution >= 4 is 22.8 Å². The van der Waals surface area contributed by atoms with Crippen molar-refractivity contribution in [1.82, 2.24) is 25.6 Å². The zero-order valence-corrected chi connectivity index (χ0v) is 22.5. The van der Waals surface area contributed by atoms with Gasteiger partial charge in [0, 0.05) is 23.3 Å². The second-order valence-corrected chi connectivity index (χ2v) is 11.1. The first-order chi connectivity index (χ1) is 18.2. The summed E-state index contributed by atoms with van der Waals surface area (Å²) in [6, 6.07) is 6.07. The molecule has 3 aromatic rings. The van der Waals surface area contributed by atoms with Gasteiger partial charge in [0.1, 0.15) is 29.4 Å². The molecule has 38 heavy (non-hydrogen) atoms. The molecule has 2 saturated carbocycles. The van der Waals surface area contributed by atoms with Gasteiger partial charge < -0.3 is 25.5 Å². The van der Waals surface area contributed by atoms with Crippen LogP contribution in [0.2, 0.25) is 0 Å². The number of rotatable bonds is 8. The van der Waals surface area contributed by atoms with E-state index in [0.717, 1.165) is 53.0 Å². The van der Waals surface area contributed by atoms with Gasteiger partial charge in [-0.25, -0.2) is 9.97 Å². The Morgan fingerprint density at radius 1 is 1.16 bits per heavy atom. The van der Waals surface area contributed by atoms with Crippen LogP contribution in [0.15, 0.2) is 24.5 Å². The number of hydrogen-bond acceptors (Lipinski definition) is 6. The Balaban J connectivity index is 1.36. The number of aliphatic hydroxyl groups is 1. The molecule has 0 saturated heterocycles. The first-order valence-corrected chi connectivity index (χ1v) is 13.6. The summed E-state index contributed by atoms with van der Waals surface area (Å²) in [5.74, 6) is 1.06. The summed E-state index contributed by atoms with van der Waals surface area (Å²) in [7, 11) is 0. The maximum atomic E-state index is 13.5. The number of nitrogens with zero attached hydrogens (tertiary/aromatic N) is 2. The van der Waals surface area contributed by atoms with Gasteiger partial charge in [-0.15, -0.1) is 0 Å². The van der Waals surface area contributed by atoms with Crippen molar-refractivity contribution in [3.8, 4) is 17.0 Å². The fraction of sp³-hybridized carbons (Fsp3) is 0.517. The number of aromatic amines is 1. The second-order valence-electron chi connectivity index (χ2n) is 11.1. The molecule has 0 aliphatic heterocycles. The van der Waals surface area contributed by atoms with E-state index in [1.165, 1.54) is 26.1 Å². The quantitative estimate of drug-likeness (QED) is 0.358. The van der Waals surface area contributed by atoms with Gasteiger partial charge in [-0.2, -0.15) is 0 Å². The smallest absolute Gasteiger partial charge is 0.255 e. The molecule has 9 nitrogen and oxygen atoms in total. The van der Waals surface area contributed by atoms with E-state index < -0.39 is 6.10 Å². The Morgan fingerprint density at radius 3 is 2.66 bits per heavy atom. The molecule has 9 heteroatoms. The van der Waals surface area contributed by atoms with Crippen LogP contribution in [0.5, 0.6) is 5.75 Å². The molecule has 2 aliphatic carbocycles. The fourth-order valence-corrected chi connectivity index (χ4v) is 5.35. The summed E-state index contributed by atoms with van der Waals surface area (Å²) in [6.07, 6.45) is 5.12. The Bertz CT molecular complexity index is 1350. The molecule has 2 aliphatic rings. The number of fused-ring (bicyclic) bond motifs is 1. The third kappa shape index (κ3) is 5.53. The normalized spacial score (nSPS) is 22.2. The van der Waals surface area contributed by atoms with E-state index in [1.807, 2.05) is 26.0 Å². The first kappa shape index (κ1) is 26.2. The molecule has 0 unspecified atom stereocenters. The van der Waals surface area contributed by atoms with E-state index in [4.69, 9.17) is 4.74 Å². The number of carbonyl (C=O) groups is 2. The van der Waals surface area contributed by atoms with Gasteiger partial charge in [0.05, 0.1) is 17.7 Å². The monoisotopic (exact) mass is 519 g/mol. The zero-order valence-electron chi connectivity index (χ0n) is 22.5. The third-order valence-corrected chi connectivity index (χ3v) is 7.77. The maximum absolute atomic E-state index is 13.5. The number of hydrogen-bond donors (Lipinski definition) is 4. The van der Waals surface area contributed by atoms with Crippen molar-refractivity contribution in [3.05, 3.63) is 41.3 Å². The fourth-order valence-electron chi connectivity index (χ4n) is 5.35. The van der Waals surface area contributed by atoms with Crippen molar-refractivity contribution in [1.29, 1.82) is 0 Å². The first-order valence-electron chi connectivity index (χ1n) is 13.6. The average molecular weight is 520 g/mol. The highest BCUT2D eigenvalue weighted by Crippen LogP contribution is 2.37. The molecule has 202 valence electrons. The van der Waals surface area contributed by atoms with Crippen molar-refractivity contribution in [3.63, 3.8) is 0 Å². The van der Waals surface area contributed by atoms with Gasteiger partial charge in [0.25, 0.3) is 5.91 Å². The summed E-state index contributed by atoms with van der Waals surface area (Å²) < 4.78 is 6.17. The van der Waals surface area contributed by atoms with Crippen molar-refractivity contribution in [2.24, 2.45) is 11.8 Å². The molecule has 2 fully saturated rings. The van der Waals surface area contributed by atoms with Gasteiger partial charge in [-0.05, 0) is 76.8 Å². The molecule has 5 rings (SSSR count). The van der Waals surface area contributed by atoms with E-state index in [1.54, 1.807) is 0 Å². The summed E-state index contributed by atoms with van der Waals surface area (Å²) in [6.45, 7) is 8.14. The Kier molecular flexibility index (Phi) is 7.38. The number of aromatic nitrogens is 3. The molecule has 4 N–H and O–H groups in total. The molecule has 1 aromatic carbocycles. The topological polar surface area (TPSA) is 129 Å². The standard InChI is InChI=1S/C29H37N5O4/c1-15-5-10-23(38-13-19-6-7-19)21(11-15)25-27-26(31-14-30-25)24(17(3)32-27)29(37)33-20-8-9-22(16(2)12-20)34-28(36)18(4)35/h5,10-11,14,16,18-20,22,32,35H,6-9,12-13H2,1-4H3,(H,33,37)(H,34,36)/t16-,18+,20+,22+/m1/s1. The minimum atomic E-state index is -1.03. The highest BCUT2D eigenvalue weighted by atomic mass is 16.5. The molecule has 2 heterocycles. The lowest BCUT2D eigenvalue weighted by Crippen LogP contribution is -2.49. The number of aryl methyl sites for hydroxylation is 2. The number of amides is 2. The molecule has 0 spiro atoms. The van der Waals surface area contributed by atoms with Crippen LogP contribution in [0.4, 0.5) is 0 Å². The van der Waals surface area contributed by atoms with Gasteiger partial charge >= 0.3 is 0 Å². The average Bonchev–Trinajstić information content (AvgIpc) is 3.64. The zero-order chi connectivity index (χ0) is 27.0. The molecular weight excluding hydrogens is 482 g/mol. The van der Waals surface area contributed by atoms with Crippen molar-refractivity contribution in [2.75, 3.05) is 6.61 Å². The maximum Gasteiger partial charge on any atom is 0.255 e. The number of H-pyrrole nitrogens is 1. The predicted molar refractivity (Wildman–Crippen MR) is 145 cm³/mol. The largest absolute Gasteiger partial charge is 0.493 e. The van der Waals surface area contributed by atoms with Gasteiger partial charge in [-0.3, -0.25) is 9.59 Å². The van der Waals surface area contributed by atoms with Crippen LogP contribution in [0.1, 0.15) is 67.6 Å². The molecule has 0 radical (unpaired) electrons. The van der Waals surface area contributed by atoms with Gasteiger partial charge in [0.15, 0.2) is 0 Å². The summed E-state index contributed by atoms with van der Waals surface area (Å²) in [5, 5.41) is 15.6. The van der Waals surface area contributed by atoms with Crippen LogP contribution in [0, 0.1) is 25.7 Å². The second kappa shape index (κ2) is 10.7. The van der Waals surface area contributed by atoms with E-state index in [-0.39, 0.29) is 29.8 Å². The highest BCUT2D eigenvalue weighted by Gasteiger charge is 2.31. The van der Waals surface area contributed by atoms with Crippen molar-refractivity contribution < 1.29 is 19.4 Å². The Labute approximate surface area is 222 Å². The van der Waals surface area contributed by atoms with E-state index in [0.29, 0.717) is 23.6 Å². The van der Waals surface area contributed by atoms with Gasteiger partial charge in [0.2, 0.25) is 5.91 Å².